The lowest BCUT2D eigenvalue weighted by atomic mass is 9.77. The van der Waals surface area contributed by atoms with E-state index in [1.165, 1.54) is 19.3 Å². The zero-order chi connectivity index (χ0) is 11.3. The van der Waals surface area contributed by atoms with Crippen LogP contribution in [0.5, 0.6) is 0 Å². The van der Waals surface area contributed by atoms with Crippen molar-refractivity contribution >= 4 is 17.6 Å². The Hall–Kier alpha value is -0.240. The Morgan fingerprint density at radius 3 is 2.73 bits per heavy atom. The minimum absolute atomic E-state index is 0.0241. The van der Waals surface area contributed by atoms with Gasteiger partial charge >= 0.3 is 5.97 Å². The summed E-state index contributed by atoms with van der Waals surface area (Å²) in [5, 5.41) is 0. The first-order chi connectivity index (χ1) is 7.19. The molecule has 2 nitrogen and oxygen atoms in total. The average molecular weight is 233 g/mol. The summed E-state index contributed by atoms with van der Waals surface area (Å²) in [5.74, 6) is 0.884. The second-order valence-electron chi connectivity index (χ2n) is 4.50. The van der Waals surface area contributed by atoms with E-state index in [0.717, 1.165) is 12.8 Å². The molecule has 0 aliphatic heterocycles. The normalized spacial score (nSPS) is 28.5. The van der Waals surface area contributed by atoms with E-state index in [1.54, 1.807) is 0 Å². The third kappa shape index (κ3) is 3.67. The van der Waals surface area contributed by atoms with Crippen LogP contribution in [0, 0.1) is 11.8 Å². The van der Waals surface area contributed by atoms with Gasteiger partial charge in [0.2, 0.25) is 0 Å². The number of hydrogen-bond acceptors (Lipinski definition) is 2. The molecule has 0 unspecified atom stereocenters. The fraction of sp³-hybridized carbons (Fsp3) is 0.917. The Labute approximate surface area is 97.3 Å². The van der Waals surface area contributed by atoms with Crippen LogP contribution in [-0.4, -0.2) is 18.0 Å². The molecule has 0 N–H and O–H groups in total. The van der Waals surface area contributed by atoms with Crippen LogP contribution in [0.1, 0.15) is 46.0 Å². The van der Waals surface area contributed by atoms with E-state index < -0.39 is 0 Å². The Morgan fingerprint density at radius 1 is 1.47 bits per heavy atom. The van der Waals surface area contributed by atoms with Crippen molar-refractivity contribution in [3.8, 4) is 0 Å². The maximum absolute atomic E-state index is 11.2. The average Bonchev–Trinajstić information content (AvgIpc) is 2.28. The number of rotatable bonds is 4. The minimum Gasteiger partial charge on any atom is -0.461 e. The van der Waals surface area contributed by atoms with E-state index in [1.807, 2.05) is 0 Å². The van der Waals surface area contributed by atoms with Crippen molar-refractivity contribution in [2.24, 2.45) is 11.8 Å². The number of ether oxygens (including phenoxy) is 1. The molecule has 0 radical (unpaired) electrons. The molecule has 0 spiro atoms. The maximum atomic E-state index is 11.2. The number of carbonyl (C=O) groups excluding carboxylic acids is 1. The molecular weight excluding hydrogens is 212 g/mol. The van der Waals surface area contributed by atoms with Gasteiger partial charge in [0.1, 0.15) is 12.0 Å². The molecule has 3 heteroatoms. The van der Waals surface area contributed by atoms with Crippen molar-refractivity contribution in [2.45, 2.75) is 52.1 Å². The second-order valence-corrected chi connectivity index (χ2v) is 4.76. The van der Waals surface area contributed by atoms with Crippen molar-refractivity contribution in [1.29, 1.82) is 0 Å². The molecule has 1 rings (SSSR count). The van der Waals surface area contributed by atoms with Gasteiger partial charge in [0.25, 0.3) is 0 Å². The highest BCUT2D eigenvalue weighted by molar-refractivity contribution is 6.26. The van der Waals surface area contributed by atoms with Crippen LogP contribution in [0.3, 0.4) is 0 Å². The van der Waals surface area contributed by atoms with E-state index in [-0.39, 0.29) is 18.0 Å². The summed E-state index contributed by atoms with van der Waals surface area (Å²) < 4.78 is 5.41. The van der Waals surface area contributed by atoms with Gasteiger partial charge in [-0.25, -0.2) is 0 Å². The molecule has 0 heterocycles. The van der Waals surface area contributed by atoms with Gasteiger partial charge in [-0.3, -0.25) is 4.79 Å². The van der Waals surface area contributed by atoms with Crippen LogP contribution in [0.2, 0.25) is 0 Å². The van der Waals surface area contributed by atoms with Crippen LogP contribution >= 0.6 is 11.6 Å². The van der Waals surface area contributed by atoms with Crippen LogP contribution in [-0.2, 0) is 9.53 Å². The van der Waals surface area contributed by atoms with Crippen molar-refractivity contribution in [2.75, 3.05) is 5.88 Å². The van der Waals surface area contributed by atoms with Gasteiger partial charge in [0.15, 0.2) is 0 Å². The molecule has 0 aromatic heterocycles. The van der Waals surface area contributed by atoms with Gasteiger partial charge in [-0.2, -0.15) is 0 Å². The van der Waals surface area contributed by atoms with Crippen LogP contribution in [0.4, 0.5) is 0 Å². The molecule has 15 heavy (non-hydrogen) atoms. The Kier molecular flexibility index (Phi) is 5.44. The molecule has 0 bridgehead atoms. The summed E-state index contributed by atoms with van der Waals surface area (Å²) >= 11 is 5.46. The highest BCUT2D eigenvalue weighted by Crippen LogP contribution is 2.33. The molecule has 0 aromatic rings. The highest BCUT2D eigenvalue weighted by Gasteiger charge is 2.31. The lowest BCUT2D eigenvalue weighted by Crippen LogP contribution is -2.34. The fourth-order valence-electron chi connectivity index (χ4n) is 2.43. The molecule has 0 amide bonds. The molecule has 1 aliphatic carbocycles. The quantitative estimate of drug-likeness (QED) is 0.549. The predicted molar refractivity (Wildman–Crippen MR) is 62.0 cm³/mol. The zero-order valence-corrected chi connectivity index (χ0v) is 10.4. The van der Waals surface area contributed by atoms with Crippen molar-refractivity contribution in [1.82, 2.24) is 0 Å². The van der Waals surface area contributed by atoms with Gasteiger partial charge in [0.05, 0.1) is 0 Å². The first-order valence-electron chi connectivity index (χ1n) is 5.94. The predicted octanol–water partition coefficient (Wildman–Crippen LogP) is 3.37. The zero-order valence-electron chi connectivity index (χ0n) is 9.67. The third-order valence-corrected chi connectivity index (χ3v) is 3.74. The molecule has 0 aromatic carbocycles. The Bertz CT molecular complexity index is 206. The van der Waals surface area contributed by atoms with Crippen molar-refractivity contribution in [3.63, 3.8) is 0 Å². The van der Waals surface area contributed by atoms with E-state index >= 15 is 0 Å². The highest BCUT2D eigenvalue weighted by atomic mass is 35.5. The molecule has 3 atom stereocenters. The molecule has 1 aliphatic rings. The smallest absolute Gasteiger partial charge is 0.321 e. The Balaban J connectivity index is 2.53. The standard InChI is InChI=1S/C12H21ClO2/c1-3-9(2)10-6-4-5-7-11(10)15-12(14)8-13/h9-11H,3-8H2,1-2H3/t9-,10-,11+/m1/s1. The monoisotopic (exact) mass is 232 g/mol. The molecular formula is C12H21ClO2. The summed E-state index contributed by atoms with van der Waals surface area (Å²) in [6.45, 7) is 4.44. The molecule has 0 saturated heterocycles. The van der Waals surface area contributed by atoms with Gasteiger partial charge in [-0.05, 0) is 31.1 Å². The van der Waals surface area contributed by atoms with Crippen LogP contribution in [0.25, 0.3) is 0 Å². The number of carbonyl (C=O) groups is 1. The lowest BCUT2D eigenvalue weighted by molar-refractivity contribution is -0.151. The van der Waals surface area contributed by atoms with Gasteiger partial charge < -0.3 is 4.74 Å². The Morgan fingerprint density at radius 2 is 2.13 bits per heavy atom. The topological polar surface area (TPSA) is 26.3 Å². The van der Waals surface area contributed by atoms with Gasteiger partial charge in [-0.1, -0.05) is 26.7 Å². The third-order valence-electron chi connectivity index (χ3n) is 3.52. The first kappa shape index (κ1) is 12.8. The van der Waals surface area contributed by atoms with Crippen molar-refractivity contribution in [3.05, 3.63) is 0 Å². The van der Waals surface area contributed by atoms with E-state index in [9.17, 15) is 4.79 Å². The minimum atomic E-state index is -0.267. The summed E-state index contributed by atoms with van der Waals surface area (Å²) in [4.78, 5) is 11.2. The van der Waals surface area contributed by atoms with Crippen molar-refractivity contribution < 1.29 is 9.53 Å². The van der Waals surface area contributed by atoms with Gasteiger partial charge in [-0.15, -0.1) is 11.6 Å². The van der Waals surface area contributed by atoms with E-state index in [0.29, 0.717) is 11.8 Å². The SMILES string of the molecule is CC[C@@H](C)[C@H]1CCCC[C@@H]1OC(=O)CCl. The molecule has 1 fully saturated rings. The molecule has 1 saturated carbocycles. The van der Waals surface area contributed by atoms with Gasteiger partial charge in [0, 0.05) is 0 Å². The summed E-state index contributed by atoms with van der Waals surface area (Å²) in [5.41, 5.74) is 0. The van der Waals surface area contributed by atoms with Crippen LogP contribution < -0.4 is 0 Å². The van der Waals surface area contributed by atoms with E-state index in [4.69, 9.17) is 16.3 Å². The van der Waals surface area contributed by atoms with Crippen LogP contribution in [0.15, 0.2) is 0 Å². The summed E-state index contributed by atoms with van der Waals surface area (Å²) in [7, 11) is 0. The largest absolute Gasteiger partial charge is 0.461 e. The number of esters is 1. The summed E-state index contributed by atoms with van der Waals surface area (Å²) in [6, 6.07) is 0. The summed E-state index contributed by atoms with van der Waals surface area (Å²) in [6.07, 6.45) is 5.91. The second kappa shape index (κ2) is 6.37. The first-order valence-corrected chi connectivity index (χ1v) is 6.48. The maximum Gasteiger partial charge on any atom is 0.321 e. The number of hydrogen-bond donors (Lipinski definition) is 0. The number of alkyl halides is 1. The fourth-order valence-corrected chi connectivity index (χ4v) is 2.49. The molecule has 88 valence electrons. The number of halogens is 1. The lowest BCUT2D eigenvalue weighted by Gasteiger charge is -2.34. The van der Waals surface area contributed by atoms with E-state index in [2.05, 4.69) is 13.8 Å².